The number of likely N-dealkylation sites (tertiary alicyclic amines) is 1. The number of hydrogen-bond acceptors (Lipinski definition) is 4. The molecule has 2 aromatic rings. The van der Waals surface area contributed by atoms with E-state index in [4.69, 9.17) is 9.72 Å². The van der Waals surface area contributed by atoms with E-state index in [0.29, 0.717) is 12.0 Å². The van der Waals surface area contributed by atoms with E-state index in [0.717, 1.165) is 50.3 Å². The molecule has 0 amide bonds. The van der Waals surface area contributed by atoms with Crippen LogP contribution >= 0.6 is 0 Å². The SMILES string of the molecule is CN1CCC(c2nc3cccnc3n2C2CCCOC2)C1. The summed E-state index contributed by atoms with van der Waals surface area (Å²) >= 11 is 0. The van der Waals surface area contributed by atoms with Gasteiger partial charge in [-0.2, -0.15) is 0 Å². The average Bonchev–Trinajstić information content (AvgIpc) is 3.11. The minimum Gasteiger partial charge on any atom is -0.379 e. The Kier molecular flexibility index (Phi) is 3.39. The van der Waals surface area contributed by atoms with E-state index in [1.165, 1.54) is 12.2 Å². The molecule has 112 valence electrons. The molecule has 2 fully saturated rings. The van der Waals surface area contributed by atoms with Gasteiger partial charge < -0.3 is 14.2 Å². The average molecular weight is 286 g/mol. The van der Waals surface area contributed by atoms with E-state index in [1.807, 2.05) is 12.3 Å². The van der Waals surface area contributed by atoms with Crippen LogP contribution in [0.15, 0.2) is 18.3 Å². The van der Waals surface area contributed by atoms with Crippen LogP contribution < -0.4 is 0 Å². The van der Waals surface area contributed by atoms with Crippen LogP contribution in [0.1, 0.15) is 37.0 Å². The number of rotatable bonds is 2. The Morgan fingerprint density at radius 3 is 3.05 bits per heavy atom. The monoisotopic (exact) mass is 286 g/mol. The van der Waals surface area contributed by atoms with Gasteiger partial charge in [0.2, 0.25) is 0 Å². The Balaban J connectivity index is 1.80. The van der Waals surface area contributed by atoms with Crippen molar-refractivity contribution in [3.8, 4) is 0 Å². The molecule has 0 aromatic carbocycles. The molecule has 5 nitrogen and oxygen atoms in total. The van der Waals surface area contributed by atoms with Crippen LogP contribution in [0, 0.1) is 0 Å². The van der Waals surface area contributed by atoms with Crippen molar-refractivity contribution >= 4 is 11.2 Å². The second-order valence-electron chi connectivity index (χ2n) is 6.30. The molecule has 2 unspecified atom stereocenters. The van der Waals surface area contributed by atoms with Gasteiger partial charge in [-0.3, -0.25) is 0 Å². The van der Waals surface area contributed by atoms with E-state index in [2.05, 4.69) is 27.6 Å². The Hall–Kier alpha value is -1.46. The first-order chi connectivity index (χ1) is 10.3. The topological polar surface area (TPSA) is 43.2 Å². The Morgan fingerprint density at radius 2 is 2.29 bits per heavy atom. The van der Waals surface area contributed by atoms with E-state index < -0.39 is 0 Å². The van der Waals surface area contributed by atoms with Gasteiger partial charge in [0, 0.05) is 25.3 Å². The number of ether oxygens (including phenoxy) is 1. The Morgan fingerprint density at radius 1 is 1.33 bits per heavy atom. The molecule has 2 aliphatic rings. The van der Waals surface area contributed by atoms with E-state index in [1.54, 1.807) is 0 Å². The highest BCUT2D eigenvalue weighted by Crippen LogP contribution is 2.33. The summed E-state index contributed by atoms with van der Waals surface area (Å²) < 4.78 is 8.08. The minimum absolute atomic E-state index is 0.388. The highest BCUT2D eigenvalue weighted by Gasteiger charge is 2.30. The second-order valence-corrected chi connectivity index (χ2v) is 6.30. The van der Waals surface area contributed by atoms with Gasteiger partial charge in [-0.05, 0) is 45.0 Å². The molecule has 2 saturated heterocycles. The third-order valence-electron chi connectivity index (χ3n) is 4.73. The predicted molar refractivity (Wildman–Crippen MR) is 81.5 cm³/mol. The van der Waals surface area contributed by atoms with Crippen LogP contribution in [0.4, 0.5) is 0 Å². The summed E-state index contributed by atoms with van der Waals surface area (Å²) in [5.41, 5.74) is 2.05. The molecule has 21 heavy (non-hydrogen) atoms. The molecule has 4 rings (SSSR count). The highest BCUT2D eigenvalue weighted by atomic mass is 16.5. The fraction of sp³-hybridized carbons (Fsp3) is 0.625. The third kappa shape index (κ3) is 2.34. The summed E-state index contributed by atoms with van der Waals surface area (Å²) in [4.78, 5) is 11.9. The quantitative estimate of drug-likeness (QED) is 0.849. The van der Waals surface area contributed by atoms with Crippen LogP contribution in [-0.4, -0.2) is 52.8 Å². The van der Waals surface area contributed by atoms with Gasteiger partial charge in [0.1, 0.15) is 11.3 Å². The molecule has 0 saturated carbocycles. The molecule has 0 spiro atoms. The zero-order valence-electron chi connectivity index (χ0n) is 12.5. The molecular weight excluding hydrogens is 264 g/mol. The molecule has 2 atom stereocenters. The van der Waals surface area contributed by atoms with Crippen LogP contribution in [0.3, 0.4) is 0 Å². The second kappa shape index (κ2) is 5.39. The normalized spacial score (nSPS) is 27.5. The van der Waals surface area contributed by atoms with Gasteiger partial charge in [-0.15, -0.1) is 0 Å². The summed E-state index contributed by atoms with van der Waals surface area (Å²) in [7, 11) is 2.19. The summed E-state index contributed by atoms with van der Waals surface area (Å²) in [6.07, 6.45) is 5.35. The number of imidazole rings is 1. The van der Waals surface area contributed by atoms with Crippen molar-refractivity contribution in [3.05, 3.63) is 24.2 Å². The first-order valence-corrected chi connectivity index (χ1v) is 7.92. The molecular formula is C16H22N4O. The molecule has 0 radical (unpaired) electrons. The zero-order valence-corrected chi connectivity index (χ0v) is 12.5. The standard InChI is InChI=1S/C16H22N4O/c1-19-8-6-12(10-19)15-18-14-5-2-7-17-16(14)20(15)13-4-3-9-21-11-13/h2,5,7,12-13H,3-4,6,8-11H2,1H3. The lowest BCUT2D eigenvalue weighted by Crippen LogP contribution is -2.24. The number of pyridine rings is 1. The number of likely N-dealkylation sites (N-methyl/N-ethyl adjacent to an activating group) is 1. The zero-order chi connectivity index (χ0) is 14.2. The van der Waals surface area contributed by atoms with Gasteiger partial charge >= 0.3 is 0 Å². The fourth-order valence-electron chi connectivity index (χ4n) is 3.67. The number of nitrogens with zero attached hydrogens (tertiary/aromatic N) is 4. The molecule has 0 aliphatic carbocycles. The summed E-state index contributed by atoms with van der Waals surface area (Å²) in [6.45, 7) is 3.93. The van der Waals surface area contributed by atoms with Crippen molar-refractivity contribution in [1.82, 2.24) is 19.4 Å². The van der Waals surface area contributed by atoms with Crippen LogP contribution in [0.5, 0.6) is 0 Å². The maximum atomic E-state index is 5.71. The van der Waals surface area contributed by atoms with Gasteiger partial charge in [-0.1, -0.05) is 0 Å². The van der Waals surface area contributed by atoms with E-state index >= 15 is 0 Å². The lowest BCUT2D eigenvalue weighted by molar-refractivity contribution is 0.0590. The molecule has 4 heterocycles. The van der Waals surface area contributed by atoms with Gasteiger partial charge in [0.05, 0.1) is 12.6 Å². The summed E-state index contributed by atoms with van der Waals surface area (Å²) in [5, 5.41) is 0. The molecule has 0 bridgehead atoms. The largest absolute Gasteiger partial charge is 0.379 e. The van der Waals surface area contributed by atoms with Gasteiger partial charge in [0.25, 0.3) is 0 Å². The first-order valence-electron chi connectivity index (χ1n) is 7.92. The first kappa shape index (κ1) is 13.2. The van der Waals surface area contributed by atoms with E-state index in [-0.39, 0.29) is 0 Å². The molecule has 2 aromatic heterocycles. The maximum Gasteiger partial charge on any atom is 0.160 e. The smallest absolute Gasteiger partial charge is 0.160 e. The van der Waals surface area contributed by atoms with Crippen molar-refractivity contribution < 1.29 is 4.74 Å². The number of hydrogen-bond donors (Lipinski definition) is 0. The van der Waals surface area contributed by atoms with Crippen LogP contribution in [-0.2, 0) is 4.74 Å². The number of fused-ring (bicyclic) bond motifs is 1. The summed E-state index contributed by atoms with van der Waals surface area (Å²) in [5.74, 6) is 1.73. The molecule has 2 aliphatic heterocycles. The van der Waals surface area contributed by atoms with Crippen LogP contribution in [0.25, 0.3) is 11.2 Å². The lowest BCUT2D eigenvalue weighted by Gasteiger charge is -2.26. The minimum atomic E-state index is 0.388. The van der Waals surface area contributed by atoms with Crippen LogP contribution in [0.2, 0.25) is 0 Å². The van der Waals surface area contributed by atoms with Crippen molar-refractivity contribution in [2.75, 3.05) is 33.4 Å². The fourth-order valence-corrected chi connectivity index (χ4v) is 3.67. The highest BCUT2D eigenvalue weighted by molar-refractivity contribution is 5.71. The maximum absolute atomic E-state index is 5.71. The lowest BCUT2D eigenvalue weighted by atomic mass is 10.1. The van der Waals surface area contributed by atoms with E-state index in [9.17, 15) is 0 Å². The van der Waals surface area contributed by atoms with Gasteiger partial charge in [-0.25, -0.2) is 9.97 Å². The Labute approximate surface area is 124 Å². The predicted octanol–water partition coefficient (Wildman–Crippen LogP) is 2.20. The number of aromatic nitrogens is 3. The molecule has 0 N–H and O–H groups in total. The van der Waals surface area contributed by atoms with Crippen molar-refractivity contribution in [2.24, 2.45) is 0 Å². The van der Waals surface area contributed by atoms with Crippen molar-refractivity contribution in [3.63, 3.8) is 0 Å². The summed E-state index contributed by atoms with van der Waals surface area (Å²) in [6, 6.07) is 4.44. The van der Waals surface area contributed by atoms with Crippen molar-refractivity contribution in [2.45, 2.75) is 31.2 Å². The molecule has 5 heteroatoms. The Bertz CT molecular complexity index is 632. The third-order valence-corrected chi connectivity index (χ3v) is 4.73. The van der Waals surface area contributed by atoms with Gasteiger partial charge in [0.15, 0.2) is 5.65 Å². The van der Waals surface area contributed by atoms with Crippen molar-refractivity contribution in [1.29, 1.82) is 0 Å².